The summed E-state index contributed by atoms with van der Waals surface area (Å²) in [6.07, 6.45) is 3.97. The third-order valence-electron chi connectivity index (χ3n) is 5.30. The summed E-state index contributed by atoms with van der Waals surface area (Å²) in [6.45, 7) is 1.47. The molecular formula is C23H23FN2O2S. The molecule has 1 N–H and O–H groups in total. The van der Waals surface area contributed by atoms with Gasteiger partial charge in [-0.2, -0.15) is 0 Å². The Hall–Kier alpha value is -2.73. The van der Waals surface area contributed by atoms with Crippen LogP contribution in [0.3, 0.4) is 0 Å². The molecule has 0 bridgehead atoms. The van der Waals surface area contributed by atoms with Gasteiger partial charge in [0.05, 0.1) is 11.4 Å². The smallest absolute Gasteiger partial charge is 0.302 e. The largest absolute Gasteiger partial charge is 0.463 e. The number of nitrogens with one attached hydrogen (secondary N) is 1. The number of halogens is 1. The van der Waals surface area contributed by atoms with Gasteiger partial charge in [-0.1, -0.05) is 36.4 Å². The van der Waals surface area contributed by atoms with Gasteiger partial charge in [0.15, 0.2) is 5.13 Å². The molecule has 4 nitrogen and oxygen atoms in total. The van der Waals surface area contributed by atoms with Gasteiger partial charge in [-0.25, -0.2) is 9.37 Å². The number of anilines is 2. The minimum atomic E-state index is -0.294. The highest BCUT2D eigenvalue weighted by Gasteiger charge is 2.24. The summed E-state index contributed by atoms with van der Waals surface area (Å²) in [7, 11) is 0. The third kappa shape index (κ3) is 4.82. The van der Waals surface area contributed by atoms with Crippen LogP contribution in [0.5, 0.6) is 0 Å². The zero-order chi connectivity index (χ0) is 20.2. The molecule has 0 aliphatic heterocycles. The van der Waals surface area contributed by atoms with E-state index in [2.05, 4.69) is 34.6 Å². The van der Waals surface area contributed by atoms with Crippen molar-refractivity contribution in [1.29, 1.82) is 0 Å². The van der Waals surface area contributed by atoms with Gasteiger partial charge >= 0.3 is 5.97 Å². The van der Waals surface area contributed by atoms with Crippen LogP contribution >= 0.6 is 11.3 Å². The first kappa shape index (κ1) is 19.6. The second-order valence-corrected chi connectivity index (χ2v) is 8.21. The van der Waals surface area contributed by atoms with Gasteiger partial charge in [-0.3, -0.25) is 4.79 Å². The molecule has 1 aliphatic rings. The van der Waals surface area contributed by atoms with Crippen molar-refractivity contribution in [1.82, 2.24) is 4.98 Å². The van der Waals surface area contributed by atoms with Crippen LogP contribution in [0, 0.1) is 5.82 Å². The van der Waals surface area contributed by atoms with Crippen molar-refractivity contribution in [2.45, 2.75) is 44.6 Å². The lowest BCUT2D eigenvalue weighted by atomic mass is 9.82. The van der Waals surface area contributed by atoms with E-state index in [0.29, 0.717) is 16.7 Å². The normalized spacial score (nSPS) is 19.0. The maximum atomic E-state index is 13.8. The number of benzene rings is 2. The summed E-state index contributed by atoms with van der Waals surface area (Å²) in [5, 5.41) is 5.68. The Bertz CT molecular complexity index is 979. The molecule has 0 saturated heterocycles. The van der Waals surface area contributed by atoms with Gasteiger partial charge in [-0.05, 0) is 49.3 Å². The Morgan fingerprint density at radius 1 is 1.10 bits per heavy atom. The fourth-order valence-electron chi connectivity index (χ4n) is 3.82. The van der Waals surface area contributed by atoms with Crippen molar-refractivity contribution in [3.05, 3.63) is 65.3 Å². The fourth-order valence-corrected chi connectivity index (χ4v) is 4.55. The lowest BCUT2D eigenvalue weighted by Crippen LogP contribution is -2.22. The number of nitrogens with zero attached hydrogens (tertiary/aromatic N) is 1. The summed E-state index contributed by atoms with van der Waals surface area (Å²) >= 11 is 1.45. The molecule has 3 aromatic rings. The van der Waals surface area contributed by atoms with Gasteiger partial charge in [0.1, 0.15) is 11.9 Å². The van der Waals surface area contributed by atoms with Crippen LogP contribution in [0.1, 0.15) is 44.1 Å². The van der Waals surface area contributed by atoms with E-state index in [1.807, 2.05) is 5.38 Å². The lowest BCUT2D eigenvalue weighted by Gasteiger charge is -2.28. The maximum absolute atomic E-state index is 13.8. The Kier molecular flexibility index (Phi) is 5.90. The number of para-hydroxylation sites is 1. The molecule has 1 aromatic heterocycles. The minimum Gasteiger partial charge on any atom is -0.463 e. The van der Waals surface area contributed by atoms with E-state index in [9.17, 15) is 9.18 Å². The van der Waals surface area contributed by atoms with Gasteiger partial charge in [-0.15, -0.1) is 11.3 Å². The SMILES string of the molecule is CC(=O)OC1CCC(c2ccc(-c3csc(Nc4ccccc4F)n3)cc2)CC1. The Labute approximate surface area is 173 Å². The monoisotopic (exact) mass is 410 g/mol. The standard InChI is InChI=1S/C23H23FN2O2S/c1-15(27)28-19-12-10-17(11-13-19)16-6-8-18(9-7-16)22-14-29-23(26-22)25-21-5-3-2-4-20(21)24/h2-9,14,17,19H,10-13H2,1H3,(H,25,26). The van der Waals surface area contributed by atoms with E-state index in [-0.39, 0.29) is 17.9 Å². The molecule has 0 atom stereocenters. The quantitative estimate of drug-likeness (QED) is 0.503. The van der Waals surface area contributed by atoms with Crippen molar-refractivity contribution in [3.63, 3.8) is 0 Å². The number of ether oxygens (including phenoxy) is 1. The Balaban J connectivity index is 1.39. The summed E-state index contributed by atoms with van der Waals surface area (Å²) in [6, 6.07) is 15.1. The van der Waals surface area contributed by atoms with Crippen LogP contribution in [0.4, 0.5) is 15.2 Å². The molecule has 4 rings (SSSR count). The number of hydrogen-bond donors (Lipinski definition) is 1. The second-order valence-electron chi connectivity index (χ2n) is 7.35. The zero-order valence-electron chi connectivity index (χ0n) is 16.2. The van der Waals surface area contributed by atoms with Crippen LogP contribution < -0.4 is 5.32 Å². The van der Waals surface area contributed by atoms with Gasteiger partial charge in [0.2, 0.25) is 0 Å². The highest BCUT2D eigenvalue weighted by molar-refractivity contribution is 7.14. The molecule has 29 heavy (non-hydrogen) atoms. The van der Waals surface area contributed by atoms with Crippen LogP contribution in [0.2, 0.25) is 0 Å². The molecule has 1 aliphatic carbocycles. The number of rotatable bonds is 5. The van der Waals surface area contributed by atoms with Gasteiger partial charge in [0.25, 0.3) is 0 Å². The molecule has 1 saturated carbocycles. The first-order valence-electron chi connectivity index (χ1n) is 9.83. The van der Waals surface area contributed by atoms with E-state index >= 15 is 0 Å². The van der Waals surface area contributed by atoms with Crippen molar-refractivity contribution < 1.29 is 13.9 Å². The number of carbonyl (C=O) groups excluding carboxylic acids is 1. The summed E-state index contributed by atoms with van der Waals surface area (Å²) in [4.78, 5) is 15.7. The fraction of sp³-hybridized carbons (Fsp3) is 0.304. The second kappa shape index (κ2) is 8.74. The molecule has 2 aromatic carbocycles. The first-order valence-corrected chi connectivity index (χ1v) is 10.7. The lowest BCUT2D eigenvalue weighted by molar-refractivity contribution is -0.147. The predicted octanol–water partition coefficient (Wildman–Crippen LogP) is 6.28. The van der Waals surface area contributed by atoms with E-state index in [4.69, 9.17) is 4.74 Å². The van der Waals surface area contributed by atoms with Gasteiger partial charge in [0, 0.05) is 17.9 Å². The summed E-state index contributed by atoms with van der Waals surface area (Å²) < 4.78 is 19.1. The number of hydrogen-bond acceptors (Lipinski definition) is 5. The molecule has 0 unspecified atom stereocenters. The molecular weight excluding hydrogens is 387 g/mol. The van der Waals surface area contributed by atoms with Gasteiger partial charge < -0.3 is 10.1 Å². The van der Waals surface area contributed by atoms with Crippen molar-refractivity contribution in [2.75, 3.05) is 5.32 Å². The molecule has 0 spiro atoms. The zero-order valence-corrected chi connectivity index (χ0v) is 17.0. The van der Waals surface area contributed by atoms with Crippen LogP contribution in [0.25, 0.3) is 11.3 Å². The van der Waals surface area contributed by atoms with Crippen LogP contribution in [-0.4, -0.2) is 17.1 Å². The average molecular weight is 411 g/mol. The molecule has 6 heteroatoms. The number of esters is 1. The van der Waals surface area contributed by atoms with Crippen molar-refractivity contribution >= 4 is 28.1 Å². The van der Waals surface area contributed by atoms with Crippen molar-refractivity contribution in [3.8, 4) is 11.3 Å². The minimum absolute atomic E-state index is 0.0680. The van der Waals surface area contributed by atoms with E-state index < -0.39 is 0 Å². The highest BCUT2D eigenvalue weighted by atomic mass is 32.1. The van der Waals surface area contributed by atoms with E-state index in [0.717, 1.165) is 36.9 Å². The van der Waals surface area contributed by atoms with Crippen molar-refractivity contribution in [2.24, 2.45) is 0 Å². The highest BCUT2D eigenvalue weighted by Crippen LogP contribution is 2.35. The van der Waals surface area contributed by atoms with Crippen LogP contribution in [0.15, 0.2) is 53.9 Å². The third-order valence-corrected chi connectivity index (χ3v) is 6.06. The van der Waals surface area contributed by atoms with E-state index in [1.54, 1.807) is 18.2 Å². The maximum Gasteiger partial charge on any atom is 0.302 e. The molecule has 1 heterocycles. The molecule has 0 amide bonds. The molecule has 1 fully saturated rings. The topological polar surface area (TPSA) is 51.2 Å². The van der Waals surface area contributed by atoms with E-state index in [1.165, 1.54) is 29.9 Å². The van der Waals surface area contributed by atoms with Crippen LogP contribution in [-0.2, 0) is 9.53 Å². The summed E-state index contributed by atoms with van der Waals surface area (Å²) in [5.74, 6) is 0.0199. The molecule has 150 valence electrons. The molecule has 0 radical (unpaired) electrons. The average Bonchev–Trinajstić information content (AvgIpc) is 3.19. The summed E-state index contributed by atoms with van der Waals surface area (Å²) in [5.41, 5.74) is 3.65. The Morgan fingerprint density at radius 2 is 1.83 bits per heavy atom. The predicted molar refractivity (Wildman–Crippen MR) is 114 cm³/mol. The first-order chi connectivity index (χ1) is 14.1. The Morgan fingerprint density at radius 3 is 2.52 bits per heavy atom. The number of aromatic nitrogens is 1. The number of carbonyl (C=O) groups is 1. The number of thiazole rings is 1.